The number of rotatable bonds is 0. The zero-order chi connectivity index (χ0) is 17.6. The number of hydrogen-bond acceptors (Lipinski definition) is 4. The van der Waals surface area contributed by atoms with Crippen molar-refractivity contribution in [3.05, 3.63) is 20.1 Å². The molecule has 1 aromatic carbocycles. The number of nitrogens with zero attached hydrogens (tertiary/aromatic N) is 2. The Kier molecular flexibility index (Phi) is 3.90. The van der Waals surface area contributed by atoms with Gasteiger partial charge in [0.1, 0.15) is 0 Å². The molecule has 5 nitrogen and oxygen atoms in total. The average molecular weight is 456 g/mol. The van der Waals surface area contributed by atoms with Crippen LogP contribution in [0.4, 0.5) is 4.79 Å². The third-order valence-corrected chi connectivity index (χ3v) is 23.1. The molecule has 0 aliphatic carbocycles. The fourth-order valence-electron chi connectivity index (χ4n) is 2.58. The summed E-state index contributed by atoms with van der Waals surface area (Å²) in [6.45, 7) is -0.249. The van der Waals surface area contributed by atoms with E-state index in [1.807, 2.05) is 0 Å². The Balaban J connectivity index is 2.33. The maximum atomic E-state index is 12.5. The number of carbonyl (C=O) groups excluding carboxylic acids is 1. The molecule has 0 saturated carbocycles. The van der Waals surface area contributed by atoms with Crippen molar-refractivity contribution in [2.75, 3.05) is 27.4 Å². The van der Waals surface area contributed by atoms with Crippen molar-refractivity contribution in [3.8, 4) is 11.5 Å². The van der Waals surface area contributed by atoms with Gasteiger partial charge in [0.05, 0.1) is 0 Å². The maximum absolute atomic E-state index is 12.5. The summed E-state index contributed by atoms with van der Waals surface area (Å²) in [6, 6.07) is -0.270. The van der Waals surface area contributed by atoms with Gasteiger partial charge < -0.3 is 0 Å². The molecule has 1 aromatic rings. The van der Waals surface area contributed by atoms with E-state index in [0.717, 1.165) is 0 Å². The first kappa shape index (κ1) is 18.1. The SMILES string of the molecule is CN1C(=O)N(C)P2(C)(Oc3c(Cl)c(Cl)c(Cl)c(Cl)c3O2)P1(C)=S. The molecule has 1 atom stereocenters. The Morgan fingerprint density at radius 2 is 1.39 bits per heavy atom. The second-order valence-electron chi connectivity index (χ2n) is 5.52. The predicted octanol–water partition coefficient (Wildman–Crippen LogP) is 5.94. The van der Waals surface area contributed by atoms with E-state index in [1.165, 1.54) is 9.34 Å². The van der Waals surface area contributed by atoms with E-state index in [9.17, 15) is 4.79 Å². The van der Waals surface area contributed by atoms with E-state index in [2.05, 4.69) is 0 Å². The fraction of sp³-hybridized carbons (Fsp3) is 0.364. The molecule has 128 valence electrons. The molecule has 12 heteroatoms. The molecule has 2 amide bonds. The number of benzene rings is 1. The van der Waals surface area contributed by atoms with Gasteiger partial charge in [-0.25, -0.2) is 0 Å². The van der Waals surface area contributed by atoms with Crippen LogP contribution in [-0.2, 0) is 11.8 Å². The van der Waals surface area contributed by atoms with Crippen molar-refractivity contribution in [1.82, 2.24) is 9.34 Å². The van der Waals surface area contributed by atoms with Gasteiger partial charge in [0.15, 0.2) is 0 Å². The van der Waals surface area contributed by atoms with Crippen LogP contribution in [0.2, 0.25) is 20.1 Å². The summed E-state index contributed by atoms with van der Waals surface area (Å²) in [6.07, 6.45) is 0. The number of carbonyl (C=O) groups is 1. The van der Waals surface area contributed by atoms with E-state index in [1.54, 1.807) is 27.4 Å². The molecule has 1 fully saturated rings. The minimum absolute atomic E-state index is 0.0682. The van der Waals surface area contributed by atoms with Crippen molar-refractivity contribution >= 4 is 77.0 Å². The zero-order valence-corrected chi connectivity index (χ0v) is 18.1. The van der Waals surface area contributed by atoms with Crippen molar-refractivity contribution in [1.29, 1.82) is 0 Å². The first-order valence-electron chi connectivity index (χ1n) is 6.25. The van der Waals surface area contributed by atoms with Crippen LogP contribution in [0.3, 0.4) is 0 Å². The van der Waals surface area contributed by atoms with E-state index < -0.39 is 12.8 Å². The summed E-state index contributed by atoms with van der Waals surface area (Å²) in [7, 11) is 3.24. The van der Waals surface area contributed by atoms with Gasteiger partial charge >= 0.3 is 159 Å². The second kappa shape index (κ2) is 4.94. The Morgan fingerprint density at radius 3 is 1.70 bits per heavy atom. The van der Waals surface area contributed by atoms with Crippen LogP contribution >= 0.6 is 59.2 Å². The van der Waals surface area contributed by atoms with Gasteiger partial charge in [0.25, 0.3) is 0 Å². The normalized spacial score (nSPS) is 29.0. The predicted molar refractivity (Wildman–Crippen MR) is 102 cm³/mol. The van der Waals surface area contributed by atoms with E-state index in [4.69, 9.17) is 67.3 Å². The third kappa shape index (κ3) is 1.87. The summed E-state index contributed by atoms with van der Waals surface area (Å²) >= 11 is 30.5. The molecule has 1 spiro atoms. The van der Waals surface area contributed by atoms with Crippen molar-refractivity contribution in [2.45, 2.75) is 0 Å². The van der Waals surface area contributed by atoms with E-state index >= 15 is 0 Å². The second-order valence-corrected chi connectivity index (χ2v) is 20.8. The van der Waals surface area contributed by atoms with Crippen molar-refractivity contribution < 1.29 is 13.8 Å². The standard InChI is InChI=1S/C11H12Cl4N2O3P2S/c1-16-11(18)17(2)22(4,21(16,3)23)19-9-7(14)5(12)6(13)8(15)10(9)20-22/h1-4H3. The summed E-state index contributed by atoms with van der Waals surface area (Å²) < 4.78 is 15.4. The van der Waals surface area contributed by atoms with Gasteiger partial charge in [-0.05, 0) is 0 Å². The molecule has 0 bridgehead atoms. The minimum atomic E-state index is -3.79. The molecule has 0 N–H and O–H groups in total. The van der Waals surface area contributed by atoms with Crippen molar-refractivity contribution in [3.63, 3.8) is 0 Å². The monoisotopic (exact) mass is 454 g/mol. The molecule has 3 rings (SSSR count). The van der Waals surface area contributed by atoms with E-state index in [0.29, 0.717) is 0 Å². The molecule has 0 radical (unpaired) electrons. The quantitative estimate of drug-likeness (QED) is 0.276. The van der Waals surface area contributed by atoms with Gasteiger partial charge in [-0.3, -0.25) is 0 Å². The molecule has 2 aliphatic heterocycles. The fourth-order valence-corrected chi connectivity index (χ4v) is 14.5. The first-order chi connectivity index (χ1) is 10.4. The average Bonchev–Trinajstić information content (AvgIpc) is 2.89. The molecule has 2 aliphatic rings. The topological polar surface area (TPSA) is 42.0 Å². The molecular formula is C11H12Cl4N2O3P2S. The number of fused-ring (bicyclic) bond motifs is 1. The van der Waals surface area contributed by atoms with E-state index in [-0.39, 0.29) is 37.6 Å². The van der Waals surface area contributed by atoms with Gasteiger partial charge in [0, 0.05) is 0 Å². The summed E-state index contributed by atoms with van der Waals surface area (Å²) in [5.74, 6) is -2.21. The van der Waals surface area contributed by atoms with Crippen LogP contribution in [0.1, 0.15) is 0 Å². The van der Waals surface area contributed by atoms with Crippen LogP contribution < -0.4 is 9.05 Å². The molecule has 23 heavy (non-hydrogen) atoms. The van der Waals surface area contributed by atoms with Crippen LogP contribution in [0.15, 0.2) is 0 Å². The third-order valence-electron chi connectivity index (χ3n) is 4.42. The van der Waals surface area contributed by atoms with Crippen LogP contribution in [0.5, 0.6) is 11.5 Å². The zero-order valence-electron chi connectivity index (χ0n) is 12.4. The number of urea groups is 1. The Morgan fingerprint density at radius 1 is 1.00 bits per heavy atom. The molecule has 1 saturated heterocycles. The van der Waals surface area contributed by atoms with Crippen LogP contribution in [0, 0.1) is 0 Å². The molecule has 0 aromatic heterocycles. The first-order valence-corrected chi connectivity index (χ1v) is 14.1. The summed E-state index contributed by atoms with van der Waals surface area (Å²) in [4.78, 5) is 12.5. The molecule has 1 unspecified atom stereocenters. The van der Waals surface area contributed by atoms with Gasteiger partial charge in [-0.1, -0.05) is 0 Å². The number of amides is 2. The Bertz CT molecular complexity index is 799. The number of hydrogen-bond donors (Lipinski definition) is 0. The van der Waals surface area contributed by atoms with Gasteiger partial charge in [-0.2, -0.15) is 0 Å². The van der Waals surface area contributed by atoms with Crippen LogP contribution in [0.25, 0.3) is 0 Å². The van der Waals surface area contributed by atoms with Crippen molar-refractivity contribution in [2.24, 2.45) is 0 Å². The molecular weight excluding hydrogens is 444 g/mol. The van der Waals surface area contributed by atoms with Gasteiger partial charge in [0.2, 0.25) is 0 Å². The van der Waals surface area contributed by atoms with Crippen LogP contribution in [-0.4, -0.2) is 42.8 Å². The summed E-state index contributed by atoms with van der Waals surface area (Å²) in [5, 5.41) is 0.312. The Hall–Kier alpha value is 0.330. The Labute approximate surface area is 158 Å². The summed E-state index contributed by atoms with van der Waals surface area (Å²) in [5.41, 5.74) is 0. The number of halogens is 4. The van der Waals surface area contributed by atoms with Gasteiger partial charge in [-0.15, -0.1) is 0 Å². The molecule has 2 heterocycles.